The Morgan fingerprint density at radius 1 is 0.833 bits per heavy atom. The van der Waals surface area contributed by atoms with Crippen molar-refractivity contribution in [2.24, 2.45) is 0 Å². The quantitative estimate of drug-likeness (QED) is 0.298. The van der Waals surface area contributed by atoms with E-state index in [1.54, 1.807) is 18.2 Å². The summed E-state index contributed by atoms with van der Waals surface area (Å²) in [5.41, 5.74) is 3.05. The Kier molecular flexibility index (Phi) is 5.15. The normalized spacial score (nSPS) is 15.2. The Morgan fingerprint density at radius 3 is 2.42 bits per heavy atom. The minimum Gasteiger partial charge on any atom is -0.342 e. The number of carbonyl (C=O) groups excluding carboxylic acids is 3. The number of fused-ring (bicyclic) bond motifs is 2. The molecular weight excluding hydrogens is 452 g/mol. The molecule has 4 amide bonds. The van der Waals surface area contributed by atoms with Gasteiger partial charge in [-0.25, -0.2) is 9.69 Å². The molecular formula is C29H20N4O3. The van der Waals surface area contributed by atoms with Crippen LogP contribution in [0.4, 0.5) is 10.5 Å². The van der Waals surface area contributed by atoms with E-state index >= 15 is 0 Å². The van der Waals surface area contributed by atoms with Gasteiger partial charge in [-0.1, -0.05) is 54.6 Å². The van der Waals surface area contributed by atoms with Gasteiger partial charge in [-0.15, -0.1) is 0 Å². The molecule has 1 aliphatic rings. The minimum absolute atomic E-state index is 0.111. The summed E-state index contributed by atoms with van der Waals surface area (Å²) < 4.78 is 2.10. The first-order valence-electron chi connectivity index (χ1n) is 11.5. The number of nitrogens with one attached hydrogen (secondary N) is 1. The van der Waals surface area contributed by atoms with E-state index < -0.39 is 17.8 Å². The first kappa shape index (κ1) is 21.5. The van der Waals surface area contributed by atoms with Gasteiger partial charge in [-0.3, -0.25) is 19.9 Å². The molecule has 1 saturated heterocycles. The van der Waals surface area contributed by atoms with Crippen LogP contribution in [0.1, 0.15) is 11.1 Å². The van der Waals surface area contributed by atoms with Crippen molar-refractivity contribution >= 4 is 51.3 Å². The molecule has 0 spiro atoms. The van der Waals surface area contributed by atoms with Crippen LogP contribution in [0, 0.1) is 0 Å². The molecule has 7 heteroatoms. The second kappa shape index (κ2) is 8.63. The van der Waals surface area contributed by atoms with Gasteiger partial charge in [0.1, 0.15) is 5.57 Å². The Labute approximate surface area is 206 Å². The fourth-order valence-electron chi connectivity index (χ4n) is 4.60. The maximum atomic E-state index is 13.3. The van der Waals surface area contributed by atoms with E-state index in [4.69, 9.17) is 0 Å². The van der Waals surface area contributed by atoms with Crippen molar-refractivity contribution in [2.75, 3.05) is 4.90 Å². The van der Waals surface area contributed by atoms with Gasteiger partial charge in [0.05, 0.1) is 5.69 Å². The zero-order valence-electron chi connectivity index (χ0n) is 19.1. The molecule has 1 N–H and O–H groups in total. The Balaban J connectivity index is 1.41. The van der Waals surface area contributed by atoms with Crippen LogP contribution in [-0.2, 0) is 16.1 Å². The Morgan fingerprint density at radius 2 is 1.58 bits per heavy atom. The second-order valence-electron chi connectivity index (χ2n) is 8.57. The van der Waals surface area contributed by atoms with Crippen molar-refractivity contribution in [2.45, 2.75) is 6.54 Å². The maximum Gasteiger partial charge on any atom is 0.335 e. The van der Waals surface area contributed by atoms with Crippen LogP contribution >= 0.6 is 0 Å². The Hall–Kier alpha value is -5.04. The first-order valence-corrected chi connectivity index (χ1v) is 11.5. The molecule has 5 aromatic rings. The second-order valence-corrected chi connectivity index (χ2v) is 8.57. The SMILES string of the molecule is O=C1NC(=O)N(c2ccncc2)C(=O)/C1=C/c1cn(Cc2ccc3ccccc3c2)c2ccccc12. The van der Waals surface area contributed by atoms with E-state index in [9.17, 15) is 14.4 Å². The van der Waals surface area contributed by atoms with Crippen LogP contribution in [0.2, 0.25) is 0 Å². The number of imide groups is 2. The third-order valence-corrected chi connectivity index (χ3v) is 6.31. The number of aromatic nitrogens is 2. The number of barbiturate groups is 1. The van der Waals surface area contributed by atoms with E-state index in [1.807, 2.05) is 42.6 Å². The van der Waals surface area contributed by atoms with Gasteiger partial charge in [0.25, 0.3) is 11.8 Å². The molecule has 3 heterocycles. The van der Waals surface area contributed by atoms with Crippen molar-refractivity contribution in [1.29, 1.82) is 0 Å². The number of amides is 4. The van der Waals surface area contributed by atoms with Crippen LogP contribution in [0.5, 0.6) is 0 Å². The largest absolute Gasteiger partial charge is 0.342 e. The van der Waals surface area contributed by atoms with Crippen molar-refractivity contribution in [3.05, 3.63) is 114 Å². The maximum absolute atomic E-state index is 13.3. The minimum atomic E-state index is -0.785. The summed E-state index contributed by atoms with van der Waals surface area (Å²) in [6.07, 6.45) is 6.45. The predicted molar refractivity (Wildman–Crippen MR) is 138 cm³/mol. The lowest BCUT2D eigenvalue weighted by Crippen LogP contribution is -2.54. The number of benzene rings is 3. The molecule has 3 aromatic carbocycles. The highest BCUT2D eigenvalue weighted by Gasteiger charge is 2.37. The van der Waals surface area contributed by atoms with Gasteiger partial charge in [0.2, 0.25) is 0 Å². The highest BCUT2D eigenvalue weighted by atomic mass is 16.2. The van der Waals surface area contributed by atoms with Crippen LogP contribution in [0.3, 0.4) is 0 Å². The molecule has 0 atom stereocenters. The molecule has 0 radical (unpaired) electrons. The first-order chi connectivity index (χ1) is 17.6. The molecule has 1 fully saturated rings. The number of hydrogen-bond donors (Lipinski definition) is 1. The molecule has 0 saturated carbocycles. The highest BCUT2D eigenvalue weighted by Crippen LogP contribution is 2.27. The number of pyridine rings is 1. The zero-order chi connectivity index (χ0) is 24.6. The molecule has 7 nitrogen and oxygen atoms in total. The van der Waals surface area contributed by atoms with Gasteiger partial charge >= 0.3 is 6.03 Å². The number of nitrogens with zero attached hydrogens (tertiary/aromatic N) is 3. The summed E-state index contributed by atoms with van der Waals surface area (Å²) >= 11 is 0. The molecule has 0 unspecified atom stereocenters. The van der Waals surface area contributed by atoms with Crippen molar-refractivity contribution in [3.63, 3.8) is 0 Å². The van der Waals surface area contributed by atoms with E-state index in [0.29, 0.717) is 17.8 Å². The average molecular weight is 473 g/mol. The monoisotopic (exact) mass is 472 g/mol. The molecule has 6 rings (SSSR count). The van der Waals surface area contributed by atoms with Crippen LogP contribution in [0.15, 0.2) is 103 Å². The number of carbonyl (C=O) groups is 3. The van der Waals surface area contributed by atoms with Gasteiger partial charge in [0.15, 0.2) is 0 Å². The van der Waals surface area contributed by atoms with Crippen LogP contribution in [-0.4, -0.2) is 27.4 Å². The lowest BCUT2D eigenvalue weighted by molar-refractivity contribution is -0.122. The predicted octanol–water partition coefficient (Wildman–Crippen LogP) is 4.90. The number of anilines is 1. The standard InChI is InChI=1S/C29H20N4O3/c34-27-25(28(35)33(29(36)31-27)23-11-13-30-14-12-23)16-22-18-32(26-8-4-3-7-24(22)26)17-19-9-10-20-5-1-2-6-21(20)15-19/h1-16,18H,17H2,(H,31,34,36)/b25-16+. The molecule has 174 valence electrons. The number of hydrogen-bond acceptors (Lipinski definition) is 4. The summed E-state index contributed by atoms with van der Waals surface area (Å²) in [4.78, 5) is 43.3. The fourth-order valence-corrected chi connectivity index (χ4v) is 4.60. The number of urea groups is 1. The average Bonchev–Trinajstić information content (AvgIpc) is 3.24. The third-order valence-electron chi connectivity index (χ3n) is 6.31. The van der Waals surface area contributed by atoms with Gasteiger partial charge in [-0.2, -0.15) is 0 Å². The lowest BCUT2D eigenvalue weighted by atomic mass is 10.1. The summed E-state index contributed by atoms with van der Waals surface area (Å²) in [7, 11) is 0. The van der Waals surface area contributed by atoms with Gasteiger partial charge in [0, 0.05) is 41.6 Å². The molecule has 0 aliphatic carbocycles. The van der Waals surface area contributed by atoms with E-state index in [-0.39, 0.29) is 5.57 Å². The van der Waals surface area contributed by atoms with Crippen molar-refractivity contribution < 1.29 is 14.4 Å². The number of rotatable bonds is 4. The third kappa shape index (κ3) is 3.73. The number of para-hydroxylation sites is 1. The van der Waals surface area contributed by atoms with Crippen LogP contribution in [0.25, 0.3) is 27.8 Å². The molecule has 2 aromatic heterocycles. The highest BCUT2D eigenvalue weighted by molar-refractivity contribution is 6.39. The molecule has 36 heavy (non-hydrogen) atoms. The van der Waals surface area contributed by atoms with Crippen molar-refractivity contribution in [1.82, 2.24) is 14.9 Å². The molecule has 1 aliphatic heterocycles. The summed E-state index contributed by atoms with van der Waals surface area (Å²) in [5.74, 6) is -1.40. The van der Waals surface area contributed by atoms with Crippen LogP contribution < -0.4 is 10.2 Å². The zero-order valence-corrected chi connectivity index (χ0v) is 19.1. The Bertz CT molecular complexity index is 1700. The van der Waals surface area contributed by atoms with E-state index in [0.717, 1.165) is 21.4 Å². The summed E-state index contributed by atoms with van der Waals surface area (Å²) in [6.45, 7) is 0.621. The summed E-state index contributed by atoms with van der Waals surface area (Å²) in [5, 5.41) is 5.52. The van der Waals surface area contributed by atoms with Gasteiger partial charge < -0.3 is 4.57 Å². The molecule has 0 bridgehead atoms. The van der Waals surface area contributed by atoms with Crippen molar-refractivity contribution in [3.8, 4) is 0 Å². The van der Waals surface area contributed by atoms with E-state index in [1.165, 1.54) is 23.2 Å². The van der Waals surface area contributed by atoms with Gasteiger partial charge in [-0.05, 0) is 46.7 Å². The topological polar surface area (TPSA) is 84.3 Å². The summed E-state index contributed by atoms with van der Waals surface area (Å²) in [6, 6.07) is 24.7. The lowest BCUT2D eigenvalue weighted by Gasteiger charge is -2.26. The van der Waals surface area contributed by atoms with E-state index in [2.05, 4.69) is 45.2 Å². The smallest absolute Gasteiger partial charge is 0.335 e. The fraction of sp³-hybridized carbons (Fsp3) is 0.0345.